The Morgan fingerprint density at radius 2 is 2.07 bits per heavy atom. The van der Waals surface area contributed by atoms with Crippen molar-refractivity contribution in [3.05, 3.63) is 41.3 Å². The first-order valence-electron chi connectivity index (χ1n) is 10.1. The maximum absolute atomic E-state index is 6.37. The van der Waals surface area contributed by atoms with Crippen molar-refractivity contribution in [3.63, 3.8) is 0 Å². The molecular formula is C22H27ClN4O. The van der Waals surface area contributed by atoms with Gasteiger partial charge in [-0.2, -0.15) is 5.10 Å². The number of pyridine rings is 1. The van der Waals surface area contributed by atoms with Crippen LogP contribution in [0.2, 0.25) is 5.15 Å². The summed E-state index contributed by atoms with van der Waals surface area (Å²) >= 11 is 6.37. The van der Waals surface area contributed by atoms with Gasteiger partial charge in [-0.15, -0.1) is 0 Å². The number of benzene rings is 1. The summed E-state index contributed by atoms with van der Waals surface area (Å²) in [6.45, 7) is 2.48. The summed E-state index contributed by atoms with van der Waals surface area (Å²) in [6, 6.07) is 8.09. The Morgan fingerprint density at radius 3 is 2.89 bits per heavy atom. The number of hydrogen-bond acceptors (Lipinski definition) is 4. The molecule has 0 bridgehead atoms. The van der Waals surface area contributed by atoms with Gasteiger partial charge in [0.2, 0.25) is 0 Å². The van der Waals surface area contributed by atoms with Crippen LogP contribution in [0.25, 0.3) is 22.0 Å². The number of nitrogens with one attached hydrogen (secondary N) is 1. The van der Waals surface area contributed by atoms with E-state index in [2.05, 4.69) is 21.2 Å². The number of fused-ring (bicyclic) bond motifs is 1. The highest BCUT2D eigenvalue weighted by molar-refractivity contribution is 6.32. The van der Waals surface area contributed by atoms with E-state index in [1.54, 1.807) is 6.20 Å². The monoisotopic (exact) mass is 398 g/mol. The van der Waals surface area contributed by atoms with E-state index in [1.165, 1.54) is 32.1 Å². The molecule has 148 valence electrons. The molecule has 5 nitrogen and oxygen atoms in total. The summed E-state index contributed by atoms with van der Waals surface area (Å²) in [4.78, 5) is 4.32. The van der Waals surface area contributed by atoms with Crippen LogP contribution < -0.4 is 10.5 Å². The van der Waals surface area contributed by atoms with Crippen LogP contribution in [0.4, 0.5) is 0 Å². The van der Waals surface area contributed by atoms with Crippen LogP contribution in [0.1, 0.15) is 44.2 Å². The lowest BCUT2D eigenvalue weighted by atomic mass is 9.85. The second-order valence-electron chi connectivity index (χ2n) is 7.89. The standard InChI is InChI=1S/C22H27ClN4O/c1-14-19-10-16(7-8-21(19)27-26-14)20-11-18(12-25-22(20)23)28-13-17(24)9-15-5-3-2-4-6-15/h7-8,10-12,15,17H,2-6,9,13,24H2,1H3,(H,26,27)/t17-/m0/s1. The first kappa shape index (κ1) is 19.2. The van der Waals surface area contributed by atoms with Crippen molar-refractivity contribution in [2.75, 3.05) is 6.61 Å². The zero-order valence-corrected chi connectivity index (χ0v) is 17.0. The predicted molar refractivity (Wildman–Crippen MR) is 114 cm³/mol. The highest BCUT2D eigenvalue weighted by Crippen LogP contribution is 2.32. The van der Waals surface area contributed by atoms with Crippen molar-refractivity contribution in [2.24, 2.45) is 11.7 Å². The van der Waals surface area contributed by atoms with Gasteiger partial charge in [0, 0.05) is 17.0 Å². The zero-order valence-electron chi connectivity index (χ0n) is 16.2. The molecule has 0 aliphatic heterocycles. The summed E-state index contributed by atoms with van der Waals surface area (Å²) in [5, 5.41) is 8.81. The fraction of sp³-hybridized carbons (Fsp3) is 0.455. The van der Waals surface area contributed by atoms with Gasteiger partial charge in [-0.05, 0) is 43.0 Å². The van der Waals surface area contributed by atoms with Crippen LogP contribution in [0, 0.1) is 12.8 Å². The van der Waals surface area contributed by atoms with Crippen LogP contribution in [0.5, 0.6) is 5.75 Å². The van der Waals surface area contributed by atoms with Gasteiger partial charge in [-0.3, -0.25) is 5.10 Å². The molecule has 1 saturated carbocycles. The molecular weight excluding hydrogens is 372 g/mol. The second kappa shape index (κ2) is 8.50. The molecule has 1 fully saturated rings. The number of ether oxygens (including phenoxy) is 1. The van der Waals surface area contributed by atoms with Gasteiger partial charge in [0.25, 0.3) is 0 Å². The molecule has 0 unspecified atom stereocenters. The summed E-state index contributed by atoms with van der Waals surface area (Å²) in [7, 11) is 0. The van der Waals surface area contributed by atoms with Crippen molar-refractivity contribution in [1.29, 1.82) is 0 Å². The minimum atomic E-state index is 0.0483. The SMILES string of the molecule is Cc1n[nH]c2ccc(-c3cc(OC[C@@H](N)CC4CCCCC4)cnc3Cl)cc12. The molecule has 28 heavy (non-hydrogen) atoms. The third-order valence-corrected chi connectivity index (χ3v) is 6.00. The molecule has 6 heteroatoms. The molecule has 0 amide bonds. The number of aromatic amines is 1. The number of aryl methyl sites for hydroxylation is 1. The molecule has 0 saturated heterocycles. The Bertz CT molecular complexity index is 949. The third-order valence-electron chi connectivity index (χ3n) is 5.70. The molecule has 1 atom stereocenters. The Labute approximate surface area is 170 Å². The lowest BCUT2D eigenvalue weighted by Gasteiger charge is -2.24. The van der Waals surface area contributed by atoms with Crippen molar-refractivity contribution in [3.8, 4) is 16.9 Å². The smallest absolute Gasteiger partial charge is 0.138 e. The first-order chi connectivity index (χ1) is 13.6. The highest BCUT2D eigenvalue weighted by atomic mass is 35.5. The van der Waals surface area contributed by atoms with Gasteiger partial charge in [0.1, 0.15) is 17.5 Å². The summed E-state index contributed by atoms with van der Waals surface area (Å²) in [6.07, 6.45) is 9.34. The number of nitrogens with zero attached hydrogens (tertiary/aromatic N) is 2. The molecule has 1 aromatic carbocycles. The summed E-state index contributed by atoms with van der Waals surface area (Å²) in [5.74, 6) is 1.44. The lowest BCUT2D eigenvalue weighted by molar-refractivity contribution is 0.243. The number of nitrogens with two attached hydrogens (primary N) is 1. The molecule has 2 aromatic heterocycles. The molecule has 1 aliphatic rings. The van der Waals surface area contributed by atoms with Gasteiger partial charge >= 0.3 is 0 Å². The van der Waals surface area contributed by atoms with E-state index < -0.39 is 0 Å². The van der Waals surface area contributed by atoms with Gasteiger partial charge in [0.15, 0.2) is 0 Å². The van der Waals surface area contributed by atoms with Crippen LogP contribution in [-0.4, -0.2) is 27.8 Å². The molecule has 3 N–H and O–H groups in total. The first-order valence-corrected chi connectivity index (χ1v) is 10.5. The quantitative estimate of drug-likeness (QED) is 0.555. The van der Waals surface area contributed by atoms with Crippen molar-refractivity contribution in [2.45, 2.75) is 51.5 Å². The largest absolute Gasteiger partial charge is 0.490 e. The van der Waals surface area contributed by atoms with Crippen LogP contribution in [0.15, 0.2) is 30.5 Å². The molecule has 4 rings (SSSR count). The van der Waals surface area contributed by atoms with E-state index in [0.717, 1.165) is 40.1 Å². The molecule has 0 radical (unpaired) electrons. The fourth-order valence-corrected chi connectivity index (χ4v) is 4.36. The fourth-order valence-electron chi connectivity index (χ4n) is 4.15. The predicted octanol–water partition coefficient (Wildman–Crippen LogP) is 5.26. The zero-order chi connectivity index (χ0) is 19.5. The van der Waals surface area contributed by atoms with E-state index >= 15 is 0 Å². The maximum atomic E-state index is 6.37. The Hall–Kier alpha value is -2.11. The van der Waals surface area contributed by atoms with Crippen LogP contribution in [-0.2, 0) is 0 Å². The van der Waals surface area contributed by atoms with Crippen LogP contribution in [0.3, 0.4) is 0 Å². The summed E-state index contributed by atoms with van der Waals surface area (Å²) < 4.78 is 5.96. The average Bonchev–Trinajstić information content (AvgIpc) is 3.08. The van der Waals surface area contributed by atoms with E-state index in [4.69, 9.17) is 22.1 Å². The molecule has 3 aromatic rings. The van der Waals surface area contributed by atoms with Crippen molar-refractivity contribution >= 4 is 22.5 Å². The Morgan fingerprint density at radius 1 is 1.25 bits per heavy atom. The van der Waals surface area contributed by atoms with Gasteiger partial charge in [0.05, 0.1) is 17.4 Å². The highest BCUT2D eigenvalue weighted by Gasteiger charge is 2.17. The van der Waals surface area contributed by atoms with Crippen molar-refractivity contribution < 1.29 is 4.74 Å². The minimum Gasteiger partial charge on any atom is -0.490 e. The number of halogens is 1. The topological polar surface area (TPSA) is 76.8 Å². The number of H-pyrrole nitrogens is 1. The van der Waals surface area contributed by atoms with Crippen molar-refractivity contribution in [1.82, 2.24) is 15.2 Å². The normalized spacial score (nSPS) is 16.4. The number of hydrogen-bond donors (Lipinski definition) is 2. The minimum absolute atomic E-state index is 0.0483. The molecule has 0 spiro atoms. The Kier molecular flexibility index (Phi) is 5.83. The Balaban J connectivity index is 1.46. The molecule has 2 heterocycles. The summed E-state index contributed by atoms with van der Waals surface area (Å²) in [5.41, 5.74) is 10.1. The van der Waals surface area contributed by atoms with E-state index in [9.17, 15) is 0 Å². The number of rotatable bonds is 6. The lowest BCUT2D eigenvalue weighted by Crippen LogP contribution is -2.31. The van der Waals surface area contributed by atoms with Gasteiger partial charge in [-0.25, -0.2) is 4.98 Å². The van der Waals surface area contributed by atoms with E-state index in [0.29, 0.717) is 17.5 Å². The average molecular weight is 399 g/mol. The van der Waals surface area contributed by atoms with Crippen LogP contribution >= 0.6 is 11.6 Å². The maximum Gasteiger partial charge on any atom is 0.138 e. The second-order valence-corrected chi connectivity index (χ2v) is 8.25. The number of aromatic nitrogens is 3. The van der Waals surface area contributed by atoms with E-state index in [-0.39, 0.29) is 6.04 Å². The van der Waals surface area contributed by atoms with E-state index in [1.807, 2.05) is 25.1 Å². The molecule has 1 aliphatic carbocycles. The third kappa shape index (κ3) is 4.31. The van der Waals surface area contributed by atoms with Gasteiger partial charge in [-0.1, -0.05) is 49.8 Å². The van der Waals surface area contributed by atoms with Gasteiger partial charge < -0.3 is 10.5 Å².